The summed E-state index contributed by atoms with van der Waals surface area (Å²) in [7, 11) is 0. The zero-order valence-corrected chi connectivity index (χ0v) is 22.7. The second kappa shape index (κ2) is 11.1. The molecule has 0 unspecified atom stereocenters. The van der Waals surface area contributed by atoms with Crippen LogP contribution >= 0.6 is 0 Å². The van der Waals surface area contributed by atoms with Crippen LogP contribution in [0.4, 0.5) is 11.6 Å². The van der Waals surface area contributed by atoms with Gasteiger partial charge in [0.2, 0.25) is 5.91 Å². The summed E-state index contributed by atoms with van der Waals surface area (Å²) in [5.41, 5.74) is 15.6. The minimum Gasteiger partial charge on any atom is -0.384 e. The molecule has 0 atom stereocenters. The van der Waals surface area contributed by atoms with E-state index in [1.165, 1.54) is 0 Å². The van der Waals surface area contributed by atoms with Gasteiger partial charge in [0.1, 0.15) is 11.6 Å². The Morgan fingerprint density at radius 1 is 0.800 bits per heavy atom. The zero-order valence-electron chi connectivity index (χ0n) is 22.7. The van der Waals surface area contributed by atoms with Crippen LogP contribution in [0, 0.1) is 5.92 Å². The maximum atomic E-state index is 13.7. The van der Waals surface area contributed by atoms with Gasteiger partial charge < -0.3 is 16.4 Å². The molecule has 5 heterocycles. The largest absolute Gasteiger partial charge is 0.384 e. The third-order valence-corrected chi connectivity index (χ3v) is 8.39. The van der Waals surface area contributed by atoms with Gasteiger partial charge in [-0.1, -0.05) is 12.1 Å². The number of carbonyl (C=O) groups is 1. The summed E-state index contributed by atoms with van der Waals surface area (Å²) in [6.07, 6.45) is 6.68. The van der Waals surface area contributed by atoms with Gasteiger partial charge in [0, 0.05) is 44.0 Å². The number of fused-ring (bicyclic) bond motifs is 1. The van der Waals surface area contributed by atoms with Gasteiger partial charge in [-0.3, -0.25) is 18.8 Å². The molecule has 6 rings (SSSR count). The molecule has 3 aromatic heterocycles. The van der Waals surface area contributed by atoms with E-state index in [4.69, 9.17) is 11.5 Å². The number of anilines is 2. The first-order chi connectivity index (χ1) is 19.5. The summed E-state index contributed by atoms with van der Waals surface area (Å²) in [6, 6.07) is 15.6. The third-order valence-electron chi connectivity index (χ3n) is 8.39. The number of likely N-dealkylation sites (tertiary alicyclic amines) is 2. The Kier molecular flexibility index (Phi) is 7.25. The van der Waals surface area contributed by atoms with Crippen LogP contribution in [0.15, 0.2) is 65.7 Å². The van der Waals surface area contributed by atoms with Crippen molar-refractivity contribution in [3.8, 4) is 0 Å². The zero-order chi connectivity index (χ0) is 27.6. The van der Waals surface area contributed by atoms with Gasteiger partial charge in [0.25, 0.3) is 0 Å². The van der Waals surface area contributed by atoms with Crippen molar-refractivity contribution in [2.24, 2.45) is 5.92 Å². The van der Waals surface area contributed by atoms with E-state index in [0.717, 1.165) is 67.5 Å². The highest BCUT2D eigenvalue weighted by Crippen LogP contribution is 2.29. The normalized spacial score (nSPS) is 17.4. The van der Waals surface area contributed by atoms with Crippen LogP contribution in [0.25, 0.3) is 11.0 Å². The topological polar surface area (TPSA) is 128 Å². The van der Waals surface area contributed by atoms with Crippen molar-refractivity contribution in [2.45, 2.75) is 44.8 Å². The summed E-state index contributed by atoms with van der Waals surface area (Å²) >= 11 is 0. The van der Waals surface area contributed by atoms with E-state index in [9.17, 15) is 9.59 Å². The van der Waals surface area contributed by atoms with Crippen LogP contribution in [-0.2, 0) is 17.9 Å². The number of hydrogen-bond donors (Lipinski definition) is 2. The molecule has 208 valence electrons. The van der Waals surface area contributed by atoms with Gasteiger partial charge in [-0.05, 0) is 86.3 Å². The maximum absolute atomic E-state index is 13.7. The van der Waals surface area contributed by atoms with Crippen LogP contribution in [-0.4, -0.2) is 61.0 Å². The van der Waals surface area contributed by atoms with Crippen molar-refractivity contribution < 1.29 is 4.79 Å². The molecule has 10 nitrogen and oxygen atoms in total. The Hall–Kier alpha value is -4.18. The summed E-state index contributed by atoms with van der Waals surface area (Å²) in [4.78, 5) is 39.7. The Balaban J connectivity index is 1.09. The lowest BCUT2D eigenvalue weighted by molar-refractivity contribution is -0.138. The number of para-hydroxylation sites is 2. The van der Waals surface area contributed by atoms with Crippen LogP contribution in [0.1, 0.15) is 42.9 Å². The van der Waals surface area contributed by atoms with Crippen molar-refractivity contribution >= 4 is 28.6 Å². The first-order valence-electron chi connectivity index (χ1n) is 14.1. The number of benzene rings is 1. The first-order valence-corrected chi connectivity index (χ1v) is 14.1. The molecule has 4 aromatic rings. The molecule has 0 saturated carbocycles. The number of aromatic nitrogens is 4. The van der Waals surface area contributed by atoms with Gasteiger partial charge in [-0.2, -0.15) is 0 Å². The fraction of sp³-hybridized carbons (Fsp3) is 0.400. The number of nitrogen functional groups attached to an aromatic ring is 2. The van der Waals surface area contributed by atoms with Crippen molar-refractivity contribution in [3.05, 3.63) is 82.5 Å². The van der Waals surface area contributed by atoms with Crippen LogP contribution < -0.4 is 17.2 Å². The van der Waals surface area contributed by atoms with Gasteiger partial charge in [0.05, 0.1) is 17.6 Å². The molecular formula is C30H36N8O2. The minimum atomic E-state index is -0.0234. The predicted octanol–water partition coefficient (Wildman–Crippen LogP) is 2.88. The lowest BCUT2D eigenvalue weighted by atomic mass is 9.93. The molecule has 0 bridgehead atoms. The number of imidazole rings is 1. The number of amides is 1. The second-order valence-corrected chi connectivity index (χ2v) is 11.0. The summed E-state index contributed by atoms with van der Waals surface area (Å²) in [5.74, 6) is 1.30. The Bertz CT molecular complexity index is 1560. The molecule has 10 heteroatoms. The molecule has 2 saturated heterocycles. The Morgan fingerprint density at radius 2 is 1.40 bits per heavy atom. The summed E-state index contributed by atoms with van der Waals surface area (Å²) in [5, 5.41) is 0. The standard InChI is InChI=1S/C30H36N8O2/c31-27-17-21(5-11-33-27)19-35-13-7-23(8-14-35)29(39)36-15-9-24(10-16-36)38-26-4-2-1-3-25(26)37(30(38)40)20-22-6-12-34-28(32)18-22/h1-6,11-12,17-18,23-24H,7-10,13-16,19-20H2,(H2,31,33)(H2,32,34). The number of rotatable bonds is 6. The first kappa shape index (κ1) is 26.1. The maximum Gasteiger partial charge on any atom is 0.329 e. The van der Waals surface area contributed by atoms with E-state index in [-0.39, 0.29) is 23.6 Å². The monoisotopic (exact) mass is 540 g/mol. The molecular weight excluding hydrogens is 504 g/mol. The lowest BCUT2D eigenvalue weighted by Crippen LogP contribution is -2.46. The highest BCUT2D eigenvalue weighted by molar-refractivity contribution is 5.79. The van der Waals surface area contributed by atoms with Crippen molar-refractivity contribution in [3.63, 3.8) is 0 Å². The van der Waals surface area contributed by atoms with E-state index >= 15 is 0 Å². The third kappa shape index (κ3) is 5.31. The lowest BCUT2D eigenvalue weighted by Gasteiger charge is -2.37. The predicted molar refractivity (Wildman–Crippen MR) is 155 cm³/mol. The fourth-order valence-electron chi connectivity index (χ4n) is 6.30. The number of pyridine rings is 2. The number of piperidine rings is 2. The van der Waals surface area contributed by atoms with Gasteiger partial charge in [-0.15, -0.1) is 0 Å². The van der Waals surface area contributed by atoms with Gasteiger partial charge in [-0.25, -0.2) is 14.8 Å². The SMILES string of the molecule is Nc1cc(CN2CCC(C(=O)N3CCC(n4c(=O)n(Cc5ccnc(N)c5)c5ccccc54)CC3)CC2)ccn1. The van der Waals surface area contributed by atoms with E-state index in [0.29, 0.717) is 31.3 Å². The summed E-state index contributed by atoms with van der Waals surface area (Å²) < 4.78 is 3.75. The molecule has 2 aliphatic rings. The minimum absolute atomic E-state index is 0.0234. The number of hydrogen-bond acceptors (Lipinski definition) is 7. The molecule has 2 aliphatic heterocycles. The highest BCUT2D eigenvalue weighted by Gasteiger charge is 2.32. The van der Waals surface area contributed by atoms with Crippen LogP contribution in [0.2, 0.25) is 0 Å². The molecule has 0 radical (unpaired) electrons. The second-order valence-electron chi connectivity index (χ2n) is 11.0. The Morgan fingerprint density at radius 3 is 2.02 bits per heavy atom. The van der Waals surface area contributed by atoms with Crippen molar-refractivity contribution in [1.29, 1.82) is 0 Å². The van der Waals surface area contributed by atoms with Crippen LogP contribution in [0.3, 0.4) is 0 Å². The molecule has 1 aromatic carbocycles. The number of nitrogens with zero attached hydrogens (tertiary/aromatic N) is 6. The van der Waals surface area contributed by atoms with Gasteiger partial charge in [0.15, 0.2) is 0 Å². The van der Waals surface area contributed by atoms with Gasteiger partial charge >= 0.3 is 5.69 Å². The fourth-order valence-corrected chi connectivity index (χ4v) is 6.30. The molecule has 2 fully saturated rings. The van der Waals surface area contributed by atoms with E-state index in [1.807, 2.05) is 62.6 Å². The smallest absolute Gasteiger partial charge is 0.329 e. The van der Waals surface area contributed by atoms with Crippen molar-refractivity contribution in [2.75, 3.05) is 37.6 Å². The van der Waals surface area contributed by atoms with E-state index in [2.05, 4.69) is 14.9 Å². The van der Waals surface area contributed by atoms with Crippen molar-refractivity contribution in [1.82, 2.24) is 28.9 Å². The highest BCUT2D eigenvalue weighted by atomic mass is 16.2. The molecule has 4 N–H and O–H groups in total. The van der Waals surface area contributed by atoms with E-state index < -0.39 is 0 Å². The average molecular weight is 541 g/mol. The number of nitrogens with two attached hydrogens (primary N) is 2. The van der Waals surface area contributed by atoms with E-state index in [1.54, 1.807) is 12.4 Å². The Labute approximate surface area is 233 Å². The molecule has 40 heavy (non-hydrogen) atoms. The molecule has 0 spiro atoms. The number of carbonyl (C=O) groups excluding carboxylic acids is 1. The molecule has 1 amide bonds. The molecule has 0 aliphatic carbocycles. The average Bonchev–Trinajstić information content (AvgIpc) is 3.24. The van der Waals surface area contributed by atoms with Crippen LogP contribution in [0.5, 0.6) is 0 Å². The summed E-state index contributed by atoms with van der Waals surface area (Å²) in [6.45, 7) is 4.40. The quantitative estimate of drug-likeness (QED) is 0.385.